The molecule has 0 radical (unpaired) electrons. The van der Waals surface area contributed by atoms with Crippen LogP contribution < -0.4 is 5.43 Å². The fourth-order valence-corrected chi connectivity index (χ4v) is 2.22. The number of amides is 1. The quantitative estimate of drug-likeness (QED) is 0.680. The van der Waals surface area contributed by atoms with Crippen molar-refractivity contribution in [1.29, 1.82) is 0 Å². The van der Waals surface area contributed by atoms with E-state index in [-0.39, 0.29) is 11.7 Å². The first-order valence-corrected chi connectivity index (χ1v) is 6.64. The van der Waals surface area contributed by atoms with E-state index in [4.69, 9.17) is 0 Å². The summed E-state index contributed by atoms with van der Waals surface area (Å²) in [6.07, 6.45) is 1.63. The van der Waals surface area contributed by atoms with Gasteiger partial charge in [-0.15, -0.1) is 0 Å². The molecule has 0 bridgehead atoms. The molecule has 4 heteroatoms. The number of rotatable bonds is 3. The topological polar surface area (TPSA) is 41.5 Å². The Morgan fingerprint density at radius 2 is 1.67 bits per heavy atom. The summed E-state index contributed by atoms with van der Waals surface area (Å²) in [6, 6.07) is 9.46. The number of hydrogen-bond donors (Lipinski definition) is 1. The van der Waals surface area contributed by atoms with Gasteiger partial charge < -0.3 is 0 Å². The van der Waals surface area contributed by atoms with E-state index in [0.717, 1.165) is 16.7 Å². The Balaban J connectivity index is 2.09. The number of aryl methyl sites for hydroxylation is 3. The first-order valence-electron chi connectivity index (χ1n) is 6.64. The van der Waals surface area contributed by atoms with E-state index in [0.29, 0.717) is 5.56 Å². The van der Waals surface area contributed by atoms with Crippen LogP contribution in [0.2, 0.25) is 0 Å². The first-order chi connectivity index (χ1) is 9.97. The molecule has 1 amide bonds. The molecule has 2 aromatic carbocycles. The molecule has 0 aliphatic heterocycles. The van der Waals surface area contributed by atoms with Gasteiger partial charge in [0.1, 0.15) is 5.82 Å². The fraction of sp³-hybridized carbons (Fsp3) is 0.176. The maximum atomic E-state index is 12.8. The largest absolute Gasteiger partial charge is 0.271 e. The summed E-state index contributed by atoms with van der Waals surface area (Å²) in [6.45, 7) is 6.05. The zero-order valence-electron chi connectivity index (χ0n) is 12.3. The van der Waals surface area contributed by atoms with Crippen LogP contribution in [0, 0.1) is 26.6 Å². The van der Waals surface area contributed by atoms with Crippen LogP contribution in [0.3, 0.4) is 0 Å². The third-order valence-corrected chi connectivity index (χ3v) is 3.20. The molecule has 0 spiro atoms. The van der Waals surface area contributed by atoms with Crippen molar-refractivity contribution < 1.29 is 9.18 Å². The summed E-state index contributed by atoms with van der Waals surface area (Å²) in [5.74, 6) is -0.741. The maximum absolute atomic E-state index is 12.8. The molecular formula is C17H17FN2O. The van der Waals surface area contributed by atoms with Crippen molar-refractivity contribution in [3.8, 4) is 0 Å². The Labute approximate surface area is 123 Å². The van der Waals surface area contributed by atoms with Gasteiger partial charge in [0.25, 0.3) is 5.91 Å². The monoisotopic (exact) mass is 284 g/mol. The highest BCUT2D eigenvalue weighted by Gasteiger charge is 2.04. The molecule has 0 saturated heterocycles. The molecule has 0 aliphatic carbocycles. The molecule has 21 heavy (non-hydrogen) atoms. The van der Waals surface area contributed by atoms with Crippen molar-refractivity contribution in [3.63, 3.8) is 0 Å². The zero-order chi connectivity index (χ0) is 15.4. The lowest BCUT2D eigenvalue weighted by molar-refractivity contribution is 0.0955. The summed E-state index contributed by atoms with van der Waals surface area (Å²) in [7, 11) is 0. The van der Waals surface area contributed by atoms with Crippen molar-refractivity contribution in [2.45, 2.75) is 20.8 Å². The number of nitrogens with one attached hydrogen (secondary N) is 1. The number of halogens is 1. The number of hydrazone groups is 1. The highest BCUT2D eigenvalue weighted by atomic mass is 19.1. The summed E-state index contributed by atoms with van der Waals surface area (Å²) >= 11 is 0. The van der Waals surface area contributed by atoms with Crippen molar-refractivity contribution in [1.82, 2.24) is 5.43 Å². The van der Waals surface area contributed by atoms with Crippen molar-refractivity contribution in [3.05, 3.63) is 70.0 Å². The number of hydrogen-bond acceptors (Lipinski definition) is 2. The smallest absolute Gasteiger partial charge is 0.267 e. The third-order valence-electron chi connectivity index (χ3n) is 3.20. The summed E-state index contributed by atoms with van der Waals surface area (Å²) < 4.78 is 12.8. The standard InChI is InChI=1S/C17H17FN2O/c1-11-8-12(2)16(13(3)9-11)10-19-20-17(21)14-4-6-15(18)7-5-14/h4-10H,1-3H3,(H,20,21)/b19-10-. The van der Waals surface area contributed by atoms with Gasteiger partial charge in [0.05, 0.1) is 6.21 Å². The lowest BCUT2D eigenvalue weighted by Crippen LogP contribution is -2.17. The van der Waals surface area contributed by atoms with Crippen LogP contribution in [0.4, 0.5) is 4.39 Å². The molecule has 0 saturated carbocycles. The second kappa shape index (κ2) is 6.31. The second-order valence-corrected chi connectivity index (χ2v) is 5.02. The third kappa shape index (κ3) is 3.75. The molecule has 108 valence electrons. The van der Waals surface area contributed by atoms with Gasteiger partial charge in [-0.05, 0) is 56.2 Å². The zero-order valence-corrected chi connectivity index (χ0v) is 12.3. The summed E-state index contributed by atoms with van der Waals surface area (Å²) in [4.78, 5) is 11.8. The molecule has 0 fully saturated rings. The highest BCUT2D eigenvalue weighted by molar-refractivity contribution is 5.95. The van der Waals surface area contributed by atoms with Crippen LogP contribution in [-0.2, 0) is 0 Å². The molecule has 3 nitrogen and oxygen atoms in total. The van der Waals surface area contributed by atoms with E-state index < -0.39 is 0 Å². The number of carbonyl (C=O) groups is 1. The van der Waals surface area contributed by atoms with E-state index in [1.165, 1.54) is 29.8 Å². The predicted octanol–water partition coefficient (Wildman–Crippen LogP) is 3.51. The molecular weight excluding hydrogens is 267 g/mol. The van der Waals surface area contributed by atoms with Crippen molar-refractivity contribution >= 4 is 12.1 Å². The van der Waals surface area contributed by atoms with E-state index in [2.05, 4.69) is 22.7 Å². The molecule has 1 N–H and O–H groups in total. The van der Waals surface area contributed by atoms with E-state index in [1.54, 1.807) is 6.21 Å². The Morgan fingerprint density at radius 1 is 1.10 bits per heavy atom. The average Bonchev–Trinajstić information content (AvgIpc) is 2.42. The molecule has 0 aliphatic rings. The van der Waals surface area contributed by atoms with Crippen LogP contribution in [0.25, 0.3) is 0 Å². The van der Waals surface area contributed by atoms with Crippen LogP contribution in [0.15, 0.2) is 41.5 Å². The van der Waals surface area contributed by atoms with Gasteiger partial charge in [0.15, 0.2) is 0 Å². The predicted molar refractivity (Wildman–Crippen MR) is 82.1 cm³/mol. The fourth-order valence-electron chi connectivity index (χ4n) is 2.22. The molecule has 0 aromatic heterocycles. The van der Waals surface area contributed by atoms with E-state index in [9.17, 15) is 9.18 Å². The lowest BCUT2D eigenvalue weighted by atomic mass is 10.0. The number of nitrogens with zero attached hydrogens (tertiary/aromatic N) is 1. The summed E-state index contributed by atoms with van der Waals surface area (Å²) in [5, 5.41) is 3.97. The molecule has 0 heterocycles. The molecule has 0 atom stereocenters. The number of benzene rings is 2. The number of carbonyl (C=O) groups excluding carboxylic acids is 1. The van der Waals surface area contributed by atoms with Crippen molar-refractivity contribution in [2.24, 2.45) is 5.10 Å². The minimum Gasteiger partial charge on any atom is -0.267 e. The van der Waals surface area contributed by atoms with Crippen molar-refractivity contribution in [2.75, 3.05) is 0 Å². The van der Waals surface area contributed by atoms with E-state index in [1.807, 2.05) is 20.8 Å². The van der Waals surface area contributed by atoms with Gasteiger partial charge in [0, 0.05) is 11.1 Å². The molecule has 2 rings (SSSR count). The first kappa shape index (κ1) is 14.9. The maximum Gasteiger partial charge on any atom is 0.271 e. The van der Waals surface area contributed by atoms with Gasteiger partial charge in [-0.2, -0.15) is 5.10 Å². The molecule has 2 aromatic rings. The lowest BCUT2D eigenvalue weighted by Gasteiger charge is -2.06. The van der Waals surface area contributed by atoms with Crippen LogP contribution in [-0.4, -0.2) is 12.1 Å². The van der Waals surface area contributed by atoms with Crippen LogP contribution in [0.1, 0.15) is 32.6 Å². The SMILES string of the molecule is Cc1cc(C)c(/C=N\NC(=O)c2ccc(F)cc2)c(C)c1. The highest BCUT2D eigenvalue weighted by Crippen LogP contribution is 2.14. The summed E-state index contributed by atoms with van der Waals surface area (Å²) in [5.41, 5.74) is 7.20. The van der Waals surface area contributed by atoms with Gasteiger partial charge >= 0.3 is 0 Å². The van der Waals surface area contributed by atoms with Gasteiger partial charge in [-0.1, -0.05) is 17.7 Å². The minimum absolute atomic E-state index is 0.367. The van der Waals surface area contributed by atoms with Gasteiger partial charge in [0.2, 0.25) is 0 Å². The van der Waals surface area contributed by atoms with Gasteiger partial charge in [-0.3, -0.25) is 4.79 Å². The second-order valence-electron chi connectivity index (χ2n) is 5.02. The Bertz CT molecular complexity index is 667. The Morgan fingerprint density at radius 3 is 2.24 bits per heavy atom. The average molecular weight is 284 g/mol. The van der Waals surface area contributed by atoms with E-state index >= 15 is 0 Å². The van der Waals surface area contributed by atoms with Gasteiger partial charge in [-0.25, -0.2) is 9.82 Å². The Kier molecular flexibility index (Phi) is 4.48. The van der Waals surface area contributed by atoms with Crippen LogP contribution >= 0.6 is 0 Å². The normalized spacial score (nSPS) is 10.9. The minimum atomic E-state index is -0.374. The van der Waals surface area contributed by atoms with Crippen LogP contribution in [0.5, 0.6) is 0 Å². The Hall–Kier alpha value is -2.49. The molecule has 0 unspecified atom stereocenters.